The van der Waals surface area contributed by atoms with Gasteiger partial charge >= 0.3 is 5.97 Å². The van der Waals surface area contributed by atoms with E-state index in [1.54, 1.807) is 0 Å². The van der Waals surface area contributed by atoms with Gasteiger partial charge in [0.05, 0.1) is 13.0 Å². The fraction of sp³-hybridized carbons (Fsp3) is 0.727. The Kier molecular flexibility index (Phi) is 2.19. The minimum absolute atomic E-state index is 0.0222. The molecule has 1 saturated carbocycles. The van der Waals surface area contributed by atoms with Crippen molar-refractivity contribution < 1.29 is 9.53 Å². The second-order valence-corrected chi connectivity index (χ2v) is 4.62. The highest BCUT2D eigenvalue weighted by atomic mass is 16.5. The Bertz CT molecular complexity index is 423. The summed E-state index contributed by atoms with van der Waals surface area (Å²) in [4.78, 5) is 11.5. The molecule has 3 rings (SSSR count). The Hall–Kier alpha value is -1.39. The molecule has 0 unspecified atom stereocenters. The number of ether oxygens (including phenoxy) is 1. The molecule has 2 aliphatic rings. The number of hydrogen-bond donors (Lipinski definition) is 0. The molecule has 5 heteroatoms. The highest BCUT2D eigenvalue weighted by Crippen LogP contribution is 2.40. The maximum absolute atomic E-state index is 11.5. The molecule has 1 atom stereocenters. The molecule has 5 nitrogen and oxygen atoms in total. The van der Waals surface area contributed by atoms with Crippen molar-refractivity contribution in [3.8, 4) is 0 Å². The van der Waals surface area contributed by atoms with Gasteiger partial charge in [-0.3, -0.25) is 4.79 Å². The number of aryl methyl sites for hydroxylation is 1. The van der Waals surface area contributed by atoms with Gasteiger partial charge in [-0.15, -0.1) is 10.2 Å². The lowest BCUT2D eigenvalue weighted by Gasteiger charge is -2.22. The molecule has 0 spiro atoms. The van der Waals surface area contributed by atoms with Gasteiger partial charge in [0.25, 0.3) is 0 Å². The van der Waals surface area contributed by atoms with Gasteiger partial charge in [-0.2, -0.15) is 0 Å². The van der Waals surface area contributed by atoms with Crippen LogP contribution in [0.4, 0.5) is 0 Å². The molecule has 0 amide bonds. The van der Waals surface area contributed by atoms with Crippen LogP contribution in [0.25, 0.3) is 0 Å². The Morgan fingerprint density at radius 2 is 2.19 bits per heavy atom. The minimum atomic E-state index is -0.110. The number of esters is 1. The van der Waals surface area contributed by atoms with Crippen LogP contribution in [0.2, 0.25) is 0 Å². The molecule has 0 N–H and O–H groups in total. The van der Waals surface area contributed by atoms with Crippen molar-refractivity contribution in [1.29, 1.82) is 0 Å². The van der Waals surface area contributed by atoms with Crippen LogP contribution >= 0.6 is 0 Å². The van der Waals surface area contributed by atoms with Crippen LogP contribution in [0, 0.1) is 5.92 Å². The topological polar surface area (TPSA) is 57.0 Å². The van der Waals surface area contributed by atoms with E-state index in [9.17, 15) is 4.79 Å². The number of methoxy groups -OCH3 is 1. The summed E-state index contributed by atoms with van der Waals surface area (Å²) in [5, 5.41) is 8.44. The van der Waals surface area contributed by atoms with Crippen LogP contribution in [0.15, 0.2) is 0 Å². The molecule has 1 aliphatic heterocycles. The van der Waals surface area contributed by atoms with Crippen molar-refractivity contribution in [1.82, 2.24) is 14.8 Å². The Labute approximate surface area is 93.8 Å². The lowest BCUT2D eigenvalue weighted by molar-refractivity contribution is -0.146. The molecule has 86 valence electrons. The largest absolute Gasteiger partial charge is 0.469 e. The van der Waals surface area contributed by atoms with Gasteiger partial charge in [0.2, 0.25) is 0 Å². The van der Waals surface area contributed by atoms with Crippen molar-refractivity contribution in [2.45, 2.75) is 38.1 Å². The Morgan fingerprint density at radius 1 is 1.38 bits per heavy atom. The zero-order valence-electron chi connectivity index (χ0n) is 9.35. The molecule has 0 radical (unpaired) electrons. The van der Waals surface area contributed by atoms with Crippen LogP contribution in [0.3, 0.4) is 0 Å². The molecule has 0 aromatic carbocycles. The second-order valence-electron chi connectivity index (χ2n) is 4.62. The number of nitrogens with zero attached hydrogens (tertiary/aromatic N) is 3. The first kappa shape index (κ1) is 9.81. The summed E-state index contributed by atoms with van der Waals surface area (Å²) >= 11 is 0. The van der Waals surface area contributed by atoms with Gasteiger partial charge < -0.3 is 9.30 Å². The number of fused-ring (bicyclic) bond motifs is 1. The van der Waals surface area contributed by atoms with Gasteiger partial charge in [-0.05, 0) is 19.3 Å². The highest BCUT2D eigenvalue weighted by Gasteiger charge is 2.34. The first-order valence-corrected chi connectivity index (χ1v) is 5.79. The molecular weight excluding hydrogens is 206 g/mol. The number of aromatic nitrogens is 3. The normalized spacial score (nSPS) is 23.9. The number of rotatable bonds is 2. The molecular formula is C11H15N3O2. The lowest BCUT2D eigenvalue weighted by atomic mass is 9.99. The van der Waals surface area contributed by atoms with E-state index in [-0.39, 0.29) is 11.9 Å². The van der Waals surface area contributed by atoms with Crippen molar-refractivity contribution in [2.75, 3.05) is 7.11 Å². The third kappa shape index (κ3) is 1.50. The predicted octanol–water partition coefficient (Wildman–Crippen LogP) is 0.891. The van der Waals surface area contributed by atoms with E-state index >= 15 is 0 Å². The molecule has 1 fully saturated rings. The maximum atomic E-state index is 11.5. The zero-order valence-corrected chi connectivity index (χ0v) is 9.35. The van der Waals surface area contributed by atoms with Crippen LogP contribution in [-0.4, -0.2) is 27.8 Å². The van der Waals surface area contributed by atoms with E-state index in [2.05, 4.69) is 14.8 Å². The van der Waals surface area contributed by atoms with E-state index in [4.69, 9.17) is 4.74 Å². The molecule has 0 bridgehead atoms. The van der Waals surface area contributed by atoms with Crippen LogP contribution in [-0.2, 0) is 22.5 Å². The highest BCUT2D eigenvalue weighted by molar-refractivity contribution is 5.72. The number of hydrogen-bond acceptors (Lipinski definition) is 4. The molecule has 2 heterocycles. The van der Waals surface area contributed by atoms with Crippen LogP contribution in [0.5, 0.6) is 0 Å². The standard InChI is InChI=1S/C11H15N3O2/c1-16-11(15)8-4-5-9-12-13-10(7-2-3-7)14(9)6-8/h7-8H,2-6H2,1H3/t8-/m0/s1. The van der Waals surface area contributed by atoms with E-state index in [1.807, 2.05) is 0 Å². The third-order valence-electron chi connectivity index (χ3n) is 3.45. The van der Waals surface area contributed by atoms with E-state index in [0.717, 1.165) is 24.5 Å². The summed E-state index contributed by atoms with van der Waals surface area (Å²) in [6.45, 7) is 0.695. The zero-order chi connectivity index (χ0) is 11.1. The van der Waals surface area contributed by atoms with E-state index in [1.165, 1.54) is 20.0 Å². The SMILES string of the molecule is COC(=O)[C@H]1CCc2nnc(C3CC3)n2C1. The smallest absolute Gasteiger partial charge is 0.310 e. The fourth-order valence-corrected chi connectivity index (χ4v) is 2.35. The molecule has 1 aromatic rings. The summed E-state index contributed by atoms with van der Waals surface area (Å²) in [7, 11) is 1.45. The molecule has 0 saturated heterocycles. The first-order valence-electron chi connectivity index (χ1n) is 5.79. The average molecular weight is 221 g/mol. The first-order chi connectivity index (χ1) is 7.79. The summed E-state index contributed by atoms with van der Waals surface area (Å²) in [5.74, 6) is 2.55. The van der Waals surface area contributed by atoms with Gasteiger partial charge in [0, 0.05) is 18.9 Å². The van der Waals surface area contributed by atoms with Crippen LogP contribution in [0.1, 0.15) is 36.8 Å². The third-order valence-corrected chi connectivity index (χ3v) is 3.45. The Balaban J connectivity index is 1.85. The summed E-state index contributed by atoms with van der Waals surface area (Å²) in [6.07, 6.45) is 4.08. The van der Waals surface area contributed by atoms with Gasteiger partial charge in [-0.1, -0.05) is 0 Å². The maximum Gasteiger partial charge on any atom is 0.310 e. The van der Waals surface area contributed by atoms with Crippen molar-refractivity contribution >= 4 is 5.97 Å². The molecule has 1 aromatic heterocycles. The number of carbonyl (C=O) groups is 1. The molecule has 16 heavy (non-hydrogen) atoms. The van der Waals surface area contributed by atoms with Gasteiger partial charge in [0.1, 0.15) is 11.6 Å². The van der Waals surface area contributed by atoms with E-state index < -0.39 is 0 Å². The van der Waals surface area contributed by atoms with Crippen LogP contribution < -0.4 is 0 Å². The predicted molar refractivity (Wildman–Crippen MR) is 55.8 cm³/mol. The van der Waals surface area contributed by atoms with Crippen molar-refractivity contribution in [3.05, 3.63) is 11.6 Å². The summed E-state index contributed by atoms with van der Waals surface area (Å²) in [6, 6.07) is 0. The van der Waals surface area contributed by atoms with Gasteiger partial charge in [0.15, 0.2) is 0 Å². The monoisotopic (exact) mass is 221 g/mol. The summed E-state index contributed by atoms with van der Waals surface area (Å²) in [5.41, 5.74) is 0. The van der Waals surface area contributed by atoms with Crippen molar-refractivity contribution in [3.63, 3.8) is 0 Å². The fourth-order valence-electron chi connectivity index (χ4n) is 2.35. The Morgan fingerprint density at radius 3 is 2.88 bits per heavy atom. The molecule has 1 aliphatic carbocycles. The second kappa shape index (κ2) is 3.57. The van der Waals surface area contributed by atoms with E-state index in [0.29, 0.717) is 12.5 Å². The number of carbonyl (C=O) groups excluding carboxylic acids is 1. The summed E-state index contributed by atoms with van der Waals surface area (Å²) < 4.78 is 6.93. The van der Waals surface area contributed by atoms with Crippen molar-refractivity contribution in [2.24, 2.45) is 5.92 Å². The quantitative estimate of drug-likeness (QED) is 0.696. The average Bonchev–Trinajstić information content (AvgIpc) is 3.08. The van der Waals surface area contributed by atoms with Gasteiger partial charge in [-0.25, -0.2) is 0 Å². The minimum Gasteiger partial charge on any atom is -0.469 e. The lowest BCUT2D eigenvalue weighted by Crippen LogP contribution is -2.28.